The molecule has 1 unspecified atom stereocenters. The maximum absolute atomic E-state index is 12.6. The molecule has 1 aliphatic heterocycles. The monoisotopic (exact) mass is 480 g/mol. The molecule has 0 aromatic heterocycles. The molecular weight excluding hydrogens is 444 g/mol. The third kappa shape index (κ3) is 8.42. The molecule has 0 saturated carbocycles. The van der Waals surface area contributed by atoms with Gasteiger partial charge in [-0.2, -0.15) is 0 Å². The fourth-order valence-corrected chi connectivity index (χ4v) is 4.39. The number of likely N-dealkylation sites (tertiary alicyclic amines) is 1. The van der Waals surface area contributed by atoms with Crippen LogP contribution < -0.4 is 10.1 Å². The number of ether oxygens (including phenoxy) is 1. The van der Waals surface area contributed by atoms with Gasteiger partial charge in [-0.3, -0.25) is 9.59 Å². The number of nitrogens with one attached hydrogen (secondary N) is 1. The summed E-state index contributed by atoms with van der Waals surface area (Å²) in [5, 5.41) is 12.2. The Kier molecular flexibility index (Phi) is 9.70. The van der Waals surface area contributed by atoms with Crippen molar-refractivity contribution in [2.45, 2.75) is 58.4 Å². The first-order valence-corrected chi connectivity index (χ1v) is 12.4. The van der Waals surface area contributed by atoms with Crippen molar-refractivity contribution < 1.29 is 24.2 Å². The normalized spacial score (nSPS) is 14.9. The Bertz CT molecular complexity index is 979. The van der Waals surface area contributed by atoms with E-state index < -0.39 is 12.0 Å². The summed E-state index contributed by atoms with van der Waals surface area (Å²) < 4.78 is 5.45. The van der Waals surface area contributed by atoms with E-state index in [1.165, 1.54) is 0 Å². The maximum atomic E-state index is 12.6. The van der Waals surface area contributed by atoms with Crippen LogP contribution in [0.1, 0.15) is 49.3 Å². The summed E-state index contributed by atoms with van der Waals surface area (Å²) in [5.41, 5.74) is 3.08. The Hall–Kier alpha value is -3.35. The second-order valence-corrected chi connectivity index (χ2v) is 9.25. The van der Waals surface area contributed by atoms with E-state index in [2.05, 4.69) is 5.32 Å². The molecule has 1 fully saturated rings. The average molecular weight is 481 g/mol. The molecule has 1 aliphatic rings. The van der Waals surface area contributed by atoms with Crippen LogP contribution in [0.4, 0.5) is 0 Å². The van der Waals surface area contributed by atoms with E-state index in [0.717, 1.165) is 35.3 Å². The molecule has 188 valence electrons. The highest BCUT2D eigenvalue weighted by Gasteiger charge is 2.26. The second-order valence-electron chi connectivity index (χ2n) is 9.25. The van der Waals surface area contributed by atoms with Gasteiger partial charge in [0, 0.05) is 32.4 Å². The highest BCUT2D eigenvalue weighted by atomic mass is 16.5. The zero-order chi connectivity index (χ0) is 25.2. The van der Waals surface area contributed by atoms with Gasteiger partial charge >= 0.3 is 5.97 Å². The minimum absolute atomic E-state index is 0.130. The summed E-state index contributed by atoms with van der Waals surface area (Å²) in [5.74, 6) is -0.167. The lowest BCUT2D eigenvalue weighted by Gasteiger charge is -2.32. The van der Waals surface area contributed by atoms with Crippen molar-refractivity contribution in [1.82, 2.24) is 10.2 Å². The molecule has 3 rings (SSSR count). The molecule has 1 saturated heterocycles. The molecular formula is C28H36N2O5. The minimum Gasteiger partial charge on any atom is -0.494 e. The number of nitrogens with zero attached hydrogens (tertiary/aromatic N) is 1. The molecule has 1 atom stereocenters. The first kappa shape index (κ1) is 26.3. The summed E-state index contributed by atoms with van der Waals surface area (Å²) in [6.45, 7) is 5.81. The number of carboxylic acids is 1. The fraction of sp³-hybridized carbons (Fsp3) is 0.464. The molecule has 0 bridgehead atoms. The SMILES string of the molecule is CCOc1ccc(CCC(=O)N2CCC(CC(=O)NC(Cc3ccc(C)cc3)C(=O)O)CC2)cc1. The maximum Gasteiger partial charge on any atom is 0.326 e. The van der Waals surface area contributed by atoms with Crippen LogP contribution >= 0.6 is 0 Å². The standard InChI is InChI=1S/C28H36N2O5/c1-3-35-24-11-8-21(9-12-24)10-13-27(32)30-16-14-23(15-17-30)19-26(31)29-25(28(33)34)18-22-6-4-20(2)5-7-22/h4-9,11-12,23,25H,3,10,13-19H2,1-2H3,(H,29,31)(H,33,34). The molecule has 7 nitrogen and oxygen atoms in total. The van der Waals surface area contributed by atoms with Crippen LogP contribution in [0.25, 0.3) is 0 Å². The van der Waals surface area contributed by atoms with Crippen LogP contribution in [-0.4, -0.2) is 53.5 Å². The molecule has 2 amide bonds. The number of carbonyl (C=O) groups is 3. The molecule has 7 heteroatoms. The van der Waals surface area contributed by atoms with Gasteiger partial charge < -0.3 is 20.1 Å². The van der Waals surface area contributed by atoms with Gasteiger partial charge in [-0.05, 0) is 62.3 Å². The van der Waals surface area contributed by atoms with Crippen LogP contribution in [0.5, 0.6) is 5.75 Å². The van der Waals surface area contributed by atoms with E-state index in [-0.39, 0.29) is 30.6 Å². The quantitative estimate of drug-likeness (QED) is 0.511. The zero-order valence-electron chi connectivity index (χ0n) is 20.7. The van der Waals surface area contributed by atoms with E-state index in [1.54, 1.807) is 0 Å². The highest BCUT2D eigenvalue weighted by molar-refractivity contribution is 5.84. The summed E-state index contributed by atoms with van der Waals surface area (Å²) in [6.07, 6.45) is 3.17. The second kappa shape index (κ2) is 12.9. The average Bonchev–Trinajstić information content (AvgIpc) is 2.85. The van der Waals surface area contributed by atoms with Gasteiger partial charge in [-0.25, -0.2) is 4.79 Å². The van der Waals surface area contributed by atoms with Gasteiger partial charge in [0.15, 0.2) is 0 Å². The van der Waals surface area contributed by atoms with Gasteiger partial charge in [0.05, 0.1) is 6.61 Å². The molecule has 0 aliphatic carbocycles. The number of hydrogen-bond donors (Lipinski definition) is 2. The molecule has 35 heavy (non-hydrogen) atoms. The molecule has 2 N–H and O–H groups in total. The number of benzene rings is 2. The van der Waals surface area contributed by atoms with Gasteiger partial charge in [0.2, 0.25) is 11.8 Å². The van der Waals surface area contributed by atoms with Gasteiger partial charge in [-0.15, -0.1) is 0 Å². The summed E-state index contributed by atoms with van der Waals surface area (Å²) >= 11 is 0. The smallest absolute Gasteiger partial charge is 0.326 e. The number of carboxylic acid groups (broad SMARTS) is 1. The van der Waals surface area contributed by atoms with Crippen molar-refractivity contribution in [2.75, 3.05) is 19.7 Å². The van der Waals surface area contributed by atoms with E-state index in [4.69, 9.17) is 4.74 Å². The number of amides is 2. The number of rotatable bonds is 11. The Morgan fingerprint density at radius 1 is 1.03 bits per heavy atom. The van der Waals surface area contributed by atoms with Crippen molar-refractivity contribution in [3.05, 3.63) is 65.2 Å². The number of aryl methyl sites for hydroxylation is 2. The van der Waals surface area contributed by atoms with E-state index >= 15 is 0 Å². The molecule has 0 radical (unpaired) electrons. The van der Waals surface area contributed by atoms with Crippen molar-refractivity contribution >= 4 is 17.8 Å². The lowest BCUT2D eigenvalue weighted by molar-refractivity contribution is -0.142. The summed E-state index contributed by atoms with van der Waals surface area (Å²) in [7, 11) is 0. The Morgan fingerprint density at radius 2 is 1.66 bits per heavy atom. The van der Waals surface area contributed by atoms with Crippen LogP contribution in [0.15, 0.2) is 48.5 Å². The summed E-state index contributed by atoms with van der Waals surface area (Å²) in [4.78, 5) is 38.7. The molecule has 2 aromatic rings. The van der Waals surface area contributed by atoms with E-state index in [1.807, 2.05) is 67.3 Å². The first-order chi connectivity index (χ1) is 16.8. The van der Waals surface area contributed by atoms with Gasteiger partial charge in [-0.1, -0.05) is 42.0 Å². The Balaban J connectivity index is 1.39. The van der Waals surface area contributed by atoms with Crippen molar-refractivity contribution in [3.63, 3.8) is 0 Å². The van der Waals surface area contributed by atoms with E-state index in [0.29, 0.717) is 32.5 Å². The third-order valence-electron chi connectivity index (χ3n) is 6.50. The molecule has 0 spiro atoms. The molecule has 1 heterocycles. The summed E-state index contributed by atoms with van der Waals surface area (Å²) in [6, 6.07) is 14.5. The van der Waals surface area contributed by atoms with Crippen LogP contribution in [0.2, 0.25) is 0 Å². The van der Waals surface area contributed by atoms with Crippen molar-refractivity contribution in [1.29, 1.82) is 0 Å². The van der Waals surface area contributed by atoms with Crippen LogP contribution in [-0.2, 0) is 27.2 Å². The van der Waals surface area contributed by atoms with Gasteiger partial charge in [0.25, 0.3) is 0 Å². The van der Waals surface area contributed by atoms with Gasteiger partial charge in [0.1, 0.15) is 11.8 Å². The number of carbonyl (C=O) groups excluding carboxylic acids is 2. The fourth-order valence-electron chi connectivity index (χ4n) is 4.39. The van der Waals surface area contributed by atoms with Crippen molar-refractivity contribution in [2.24, 2.45) is 5.92 Å². The number of hydrogen-bond acceptors (Lipinski definition) is 4. The lowest BCUT2D eigenvalue weighted by atomic mass is 9.92. The van der Waals surface area contributed by atoms with Crippen LogP contribution in [0, 0.1) is 12.8 Å². The number of aliphatic carboxylic acids is 1. The Labute approximate surface area is 207 Å². The minimum atomic E-state index is -1.04. The zero-order valence-corrected chi connectivity index (χ0v) is 20.7. The predicted molar refractivity (Wildman–Crippen MR) is 134 cm³/mol. The lowest BCUT2D eigenvalue weighted by Crippen LogP contribution is -2.44. The predicted octanol–water partition coefficient (Wildman–Crippen LogP) is 3.77. The number of piperidine rings is 1. The van der Waals surface area contributed by atoms with Crippen LogP contribution in [0.3, 0.4) is 0 Å². The van der Waals surface area contributed by atoms with Crippen molar-refractivity contribution in [3.8, 4) is 5.75 Å². The molecule has 2 aromatic carbocycles. The highest BCUT2D eigenvalue weighted by Crippen LogP contribution is 2.22. The largest absolute Gasteiger partial charge is 0.494 e. The van der Waals surface area contributed by atoms with E-state index in [9.17, 15) is 19.5 Å². The topological polar surface area (TPSA) is 95.9 Å². The Morgan fingerprint density at radius 3 is 2.26 bits per heavy atom. The third-order valence-corrected chi connectivity index (χ3v) is 6.50. The first-order valence-electron chi connectivity index (χ1n) is 12.4.